The van der Waals surface area contributed by atoms with E-state index < -0.39 is 7.12 Å². The highest BCUT2D eigenvalue weighted by Crippen LogP contribution is 2.37. The predicted molar refractivity (Wildman–Crippen MR) is 118 cm³/mol. The Kier molecular flexibility index (Phi) is 5.09. The van der Waals surface area contributed by atoms with Crippen LogP contribution < -0.4 is 21.0 Å². The molecule has 1 aromatic heterocycles. The van der Waals surface area contributed by atoms with E-state index in [1.54, 1.807) is 12.1 Å². The zero-order valence-corrected chi connectivity index (χ0v) is 17.1. The van der Waals surface area contributed by atoms with Crippen molar-refractivity contribution in [2.45, 2.75) is 39.0 Å². The van der Waals surface area contributed by atoms with E-state index in [9.17, 15) is 14.4 Å². The molecule has 0 saturated carbocycles. The summed E-state index contributed by atoms with van der Waals surface area (Å²) in [6, 6.07) is 12.1. The van der Waals surface area contributed by atoms with Crippen LogP contribution in [0.3, 0.4) is 0 Å². The van der Waals surface area contributed by atoms with E-state index in [2.05, 4.69) is 17.6 Å². The summed E-state index contributed by atoms with van der Waals surface area (Å²) < 4.78 is 13.5. The summed E-state index contributed by atoms with van der Waals surface area (Å²) in [5, 5.41) is 26.2. The first-order valence-corrected chi connectivity index (χ1v) is 10.4. The molecule has 2 aromatic carbocycles. The lowest BCUT2D eigenvalue weighted by Crippen LogP contribution is -2.32. The van der Waals surface area contributed by atoms with E-state index in [4.69, 9.17) is 9.97 Å². The fourth-order valence-corrected chi connectivity index (χ4v) is 4.45. The van der Waals surface area contributed by atoms with Crippen molar-refractivity contribution < 1.29 is 14.4 Å². The molecule has 2 aliphatic rings. The monoisotopic (exact) mass is 419 g/mol. The Morgan fingerprint density at radius 2 is 2.00 bits per heavy atom. The van der Waals surface area contributed by atoms with E-state index in [-0.39, 0.29) is 11.9 Å². The molecule has 0 aliphatic carbocycles. The summed E-state index contributed by atoms with van der Waals surface area (Å²) in [7, 11) is -1.52. The van der Waals surface area contributed by atoms with E-state index in [1.807, 2.05) is 23.1 Å². The molecule has 0 bridgehead atoms. The maximum atomic E-state index is 13.5. The van der Waals surface area contributed by atoms with E-state index in [0.717, 1.165) is 33.9 Å². The number of nitrogens with zero attached hydrogens (tertiary/aromatic N) is 3. The molecule has 5 rings (SSSR count). The van der Waals surface area contributed by atoms with Gasteiger partial charge in [0.05, 0.1) is 5.69 Å². The highest BCUT2D eigenvalue weighted by molar-refractivity contribution is 6.59. The summed E-state index contributed by atoms with van der Waals surface area (Å²) in [5.74, 6) is 1.03. The highest BCUT2D eigenvalue weighted by atomic mass is 19.1. The Balaban J connectivity index is 1.51. The van der Waals surface area contributed by atoms with Gasteiger partial charge in [-0.1, -0.05) is 24.3 Å². The summed E-state index contributed by atoms with van der Waals surface area (Å²) >= 11 is 0. The zero-order chi connectivity index (χ0) is 21.5. The molecular weight excluding hydrogens is 396 g/mol. The average Bonchev–Trinajstić information content (AvgIpc) is 3.35. The van der Waals surface area contributed by atoms with Crippen LogP contribution in [-0.2, 0) is 26.1 Å². The highest BCUT2D eigenvalue weighted by Gasteiger charge is 2.34. The van der Waals surface area contributed by atoms with Gasteiger partial charge in [-0.2, -0.15) is 4.98 Å². The van der Waals surface area contributed by atoms with Crippen LogP contribution in [0.5, 0.6) is 0 Å². The van der Waals surface area contributed by atoms with Gasteiger partial charge in [-0.3, -0.25) is 0 Å². The molecule has 0 radical (unpaired) electrons. The van der Waals surface area contributed by atoms with E-state index in [1.165, 1.54) is 12.1 Å². The van der Waals surface area contributed by atoms with Gasteiger partial charge in [0.25, 0.3) is 0 Å². The van der Waals surface area contributed by atoms with Crippen LogP contribution in [0, 0.1) is 5.82 Å². The lowest BCUT2D eigenvalue weighted by atomic mass is 9.76. The molecule has 158 valence electrons. The third-order valence-corrected chi connectivity index (χ3v) is 5.91. The van der Waals surface area contributed by atoms with Crippen molar-refractivity contribution in [1.82, 2.24) is 15.3 Å². The van der Waals surface area contributed by atoms with Gasteiger partial charge >= 0.3 is 7.12 Å². The Labute approximate surface area is 180 Å². The molecule has 31 heavy (non-hydrogen) atoms. The zero-order valence-electron chi connectivity index (χ0n) is 17.1. The maximum absolute atomic E-state index is 13.5. The number of hydrogen-bond acceptors (Lipinski definition) is 7. The van der Waals surface area contributed by atoms with Gasteiger partial charge in [0.1, 0.15) is 11.6 Å². The van der Waals surface area contributed by atoms with Gasteiger partial charge in [0, 0.05) is 36.9 Å². The number of benzene rings is 2. The van der Waals surface area contributed by atoms with Crippen molar-refractivity contribution in [2.24, 2.45) is 0 Å². The predicted octanol–water partition coefficient (Wildman–Crippen LogP) is 1.59. The third-order valence-electron chi connectivity index (χ3n) is 5.91. The minimum absolute atomic E-state index is 0.0679. The standard InChI is InChI=1S/C22H23BFN5O2/c1-13-8-16-18(23(30)31)6-3-7-20(16)29(13)22-27-19-12-25-11-17(19)21(28-22)26-10-14-4-2-5-15(24)9-14/h2-7,9,13,25,30-31H,8,10-12H2,1H3,(H,26,27,28). The lowest BCUT2D eigenvalue weighted by Gasteiger charge is -2.24. The van der Waals surface area contributed by atoms with Gasteiger partial charge in [-0.05, 0) is 48.1 Å². The number of aromatic nitrogens is 2. The number of hydrogen-bond donors (Lipinski definition) is 4. The SMILES string of the molecule is CC1Cc2c(B(O)O)cccc2N1c1nc2c(c(NCc3cccc(F)c3)n1)CNC2. The lowest BCUT2D eigenvalue weighted by molar-refractivity contribution is 0.425. The Morgan fingerprint density at radius 3 is 2.81 bits per heavy atom. The van der Waals surface area contributed by atoms with Crippen molar-refractivity contribution in [3.63, 3.8) is 0 Å². The smallest absolute Gasteiger partial charge is 0.423 e. The molecule has 2 aliphatic heterocycles. The Morgan fingerprint density at radius 1 is 1.16 bits per heavy atom. The molecule has 7 nitrogen and oxygen atoms in total. The van der Waals surface area contributed by atoms with E-state index in [0.29, 0.717) is 37.5 Å². The van der Waals surface area contributed by atoms with Crippen LogP contribution in [0.4, 0.5) is 21.8 Å². The minimum atomic E-state index is -1.52. The number of nitrogens with one attached hydrogen (secondary N) is 2. The number of halogens is 1. The fourth-order valence-electron chi connectivity index (χ4n) is 4.45. The van der Waals surface area contributed by atoms with Crippen molar-refractivity contribution in [3.8, 4) is 0 Å². The second-order valence-electron chi connectivity index (χ2n) is 8.03. The molecule has 1 unspecified atom stereocenters. The fraction of sp³-hybridized carbons (Fsp3) is 0.273. The van der Waals surface area contributed by atoms with Crippen LogP contribution in [0.2, 0.25) is 0 Å². The molecule has 0 amide bonds. The summed E-state index contributed by atoms with van der Waals surface area (Å²) in [6.45, 7) is 3.86. The summed E-state index contributed by atoms with van der Waals surface area (Å²) in [5.41, 5.74) is 5.10. The van der Waals surface area contributed by atoms with Crippen molar-refractivity contribution >= 4 is 30.0 Å². The molecule has 4 N–H and O–H groups in total. The molecule has 0 saturated heterocycles. The average molecular weight is 419 g/mol. The molecule has 0 fully saturated rings. The Bertz CT molecular complexity index is 1140. The first kappa shape index (κ1) is 19.9. The second kappa shape index (κ2) is 7.92. The van der Waals surface area contributed by atoms with Gasteiger partial charge < -0.3 is 25.6 Å². The van der Waals surface area contributed by atoms with Crippen LogP contribution in [0.25, 0.3) is 0 Å². The molecule has 1 atom stereocenters. The Hall–Kier alpha value is -3.01. The van der Waals surface area contributed by atoms with Crippen LogP contribution in [0.1, 0.15) is 29.3 Å². The van der Waals surface area contributed by atoms with Crippen LogP contribution in [0.15, 0.2) is 42.5 Å². The van der Waals surface area contributed by atoms with Crippen LogP contribution in [-0.4, -0.2) is 33.2 Å². The summed E-state index contributed by atoms with van der Waals surface area (Å²) in [6.07, 6.45) is 0.674. The number of fused-ring (bicyclic) bond motifs is 2. The van der Waals surface area contributed by atoms with Gasteiger partial charge in [-0.25, -0.2) is 9.37 Å². The topological polar surface area (TPSA) is 93.5 Å². The quantitative estimate of drug-likeness (QED) is 0.467. The molecule has 3 heterocycles. The van der Waals surface area contributed by atoms with E-state index >= 15 is 0 Å². The van der Waals surface area contributed by atoms with Gasteiger partial charge in [0.2, 0.25) is 5.95 Å². The van der Waals surface area contributed by atoms with Crippen molar-refractivity contribution in [2.75, 3.05) is 10.2 Å². The van der Waals surface area contributed by atoms with Crippen LogP contribution >= 0.6 is 0 Å². The first-order chi connectivity index (χ1) is 15.0. The van der Waals surface area contributed by atoms with Crippen molar-refractivity contribution in [3.05, 3.63) is 70.7 Å². The van der Waals surface area contributed by atoms with Crippen molar-refractivity contribution in [1.29, 1.82) is 0 Å². The molecule has 0 spiro atoms. The third kappa shape index (κ3) is 3.65. The molecular formula is C22H23BFN5O2. The second-order valence-corrected chi connectivity index (χ2v) is 8.03. The number of rotatable bonds is 5. The van der Waals surface area contributed by atoms with Gasteiger partial charge in [0.15, 0.2) is 0 Å². The minimum Gasteiger partial charge on any atom is -0.423 e. The number of anilines is 3. The van der Waals surface area contributed by atoms with Gasteiger partial charge in [-0.15, -0.1) is 0 Å². The summed E-state index contributed by atoms with van der Waals surface area (Å²) in [4.78, 5) is 11.7. The molecule has 9 heteroatoms. The largest absolute Gasteiger partial charge is 0.488 e. The maximum Gasteiger partial charge on any atom is 0.488 e. The normalized spacial score (nSPS) is 16.9. The first-order valence-electron chi connectivity index (χ1n) is 10.4. The molecule has 3 aromatic rings.